The minimum absolute atomic E-state index is 0.124. The summed E-state index contributed by atoms with van der Waals surface area (Å²) in [4.78, 5) is 24.1. The van der Waals surface area contributed by atoms with E-state index in [9.17, 15) is 19.8 Å². The van der Waals surface area contributed by atoms with E-state index in [0.717, 1.165) is 39.5 Å². The van der Waals surface area contributed by atoms with Crippen molar-refractivity contribution in [3.8, 4) is 28.0 Å². The van der Waals surface area contributed by atoms with Crippen LogP contribution in [0.4, 0.5) is 0 Å². The molecule has 298 valence electrons. The molecule has 0 spiro atoms. The molecule has 0 aliphatic heterocycles. The third-order valence-corrected chi connectivity index (χ3v) is 10.9. The second-order valence-corrected chi connectivity index (χ2v) is 15.4. The largest absolute Gasteiger partial charge is 0.493 e. The summed E-state index contributed by atoms with van der Waals surface area (Å²) in [7, 11) is 0. The van der Waals surface area contributed by atoms with Crippen LogP contribution in [0.15, 0.2) is 85.0 Å². The molecule has 1 aliphatic rings. The Labute approximate surface area is 329 Å². The number of carbonyl (C=O) groups excluding carboxylic acids is 2. The van der Waals surface area contributed by atoms with Crippen molar-refractivity contribution in [2.75, 3.05) is 33.0 Å². The lowest BCUT2D eigenvalue weighted by molar-refractivity contribution is -0.139. The number of aliphatic hydroxyl groups is 2. The predicted octanol–water partition coefficient (Wildman–Crippen LogP) is 10.3. The molecule has 2 N–H and O–H groups in total. The van der Waals surface area contributed by atoms with Crippen LogP contribution in [-0.4, -0.2) is 55.2 Å². The number of unbranched alkanes of at least 4 members (excludes halogenated alkanes) is 2. The summed E-state index contributed by atoms with van der Waals surface area (Å²) < 4.78 is 17.2. The van der Waals surface area contributed by atoms with Gasteiger partial charge in [0.1, 0.15) is 5.75 Å². The van der Waals surface area contributed by atoms with Gasteiger partial charge in [-0.15, -0.1) is 0 Å². The van der Waals surface area contributed by atoms with Crippen LogP contribution in [0.2, 0.25) is 0 Å². The van der Waals surface area contributed by atoms with Gasteiger partial charge in [-0.05, 0) is 135 Å². The molecule has 1 aliphatic carbocycles. The van der Waals surface area contributed by atoms with Crippen molar-refractivity contribution in [3.05, 3.63) is 102 Å². The Balaban J connectivity index is 1.54. The lowest BCUT2D eigenvalue weighted by atomic mass is 9.77. The number of aliphatic hydroxyl groups excluding tert-OH is 2. The van der Waals surface area contributed by atoms with Crippen molar-refractivity contribution >= 4 is 11.9 Å². The molecule has 55 heavy (non-hydrogen) atoms. The molecule has 0 atom stereocenters. The number of rotatable bonds is 23. The van der Waals surface area contributed by atoms with Crippen LogP contribution in [0, 0.1) is 11.8 Å². The summed E-state index contributed by atoms with van der Waals surface area (Å²) >= 11 is 0. The van der Waals surface area contributed by atoms with E-state index in [1.807, 2.05) is 0 Å². The molecule has 4 rings (SSSR count). The summed E-state index contributed by atoms with van der Waals surface area (Å²) in [5.41, 5.74) is 8.58. The summed E-state index contributed by atoms with van der Waals surface area (Å²) in [5.74, 6) is 1.21. The average molecular weight is 753 g/mol. The maximum absolute atomic E-state index is 12.1. The van der Waals surface area contributed by atoms with Crippen LogP contribution in [0.1, 0.15) is 114 Å². The van der Waals surface area contributed by atoms with Crippen LogP contribution in [0.25, 0.3) is 22.3 Å². The zero-order valence-corrected chi connectivity index (χ0v) is 33.6. The van der Waals surface area contributed by atoms with Crippen molar-refractivity contribution in [3.63, 3.8) is 0 Å². The molecule has 0 amide bonds. The van der Waals surface area contributed by atoms with Gasteiger partial charge in [0.2, 0.25) is 0 Å². The van der Waals surface area contributed by atoms with E-state index in [4.69, 9.17) is 14.2 Å². The molecule has 7 heteroatoms. The van der Waals surface area contributed by atoms with Gasteiger partial charge in [0.15, 0.2) is 0 Å². The van der Waals surface area contributed by atoms with E-state index in [1.165, 1.54) is 62.5 Å². The van der Waals surface area contributed by atoms with Crippen LogP contribution >= 0.6 is 0 Å². The standard InChI is InChI=1S/C48H64O7/c1-6-7-8-11-36-14-16-38(17-15-36)39-18-20-40(21-19-39)41-22-24-42(25-23-41)45-30-43(12-9-27-54-47(51)34(2)3)46(53-29-26-37(32-49)33-50)44(31-45)13-10-28-55-48(52)35(4)5/h18-25,30-31,36-38,49-50H,2,4,6-17,26-29,32-33H2,1,3,5H3. The van der Waals surface area contributed by atoms with Crippen LogP contribution in [-0.2, 0) is 31.9 Å². The Morgan fingerprint density at radius 2 is 1.18 bits per heavy atom. The van der Waals surface area contributed by atoms with Crippen molar-refractivity contribution in [2.45, 2.75) is 110 Å². The normalized spacial score (nSPS) is 15.5. The molecule has 0 aromatic heterocycles. The Morgan fingerprint density at radius 1 is 0.691 bits per heavy atom. The lowest BCUT2D eigenvalue weighted by Gasteiger charge is -2.29. The maximum Gasteiger partial charge on any atom is 0.333 e. The molecule has 0 saturated heterocycles. The first-order valence-electron chi connectivity index (χ1n) is 20.5. The highest BCUT2D eigenvalue weighted by molar-refractivity contribution is 5.87. The van der Waals surface area contributed by atoms with Gasteiger partial charge >= 0.3 is 11.9 Å². The quantitative estimate of drug-likeness (QED) is 0.0565. The van der Waals surface area contributed by atoms with Gasteiger partial charge in [0, 0.05) is 30.3 Å². The van der Waals surface area contributed by atoms with E-state index in [2.05, 4.69) is 80.7 Å². The van der Waals surface area contributed by atoms with E-state index in [0.29, 0.717) is 55.8 Å². The Morgan fingerprint density at radius 3 is 1.65 bits per heavy atom. The number of hydrogen-bond acceptors (Lipinski definition) is 7. The zero-order valence-electron chi connectivity index (χ0n) is 33.6. The van der Waals surface area contributed by atoms with Crippen molar-refractivity contribution in [1.82, 2.24) is 0 Å². The van der Waals surface area contributed by atoms with Gasteiger partial charge in [-0.25, -0.2) is 9.59 Å². The molecular formula is C48H64O7. The molecule has 0 radical (unpaired) electrons. The molecule has 3 aromatic carbocycles. The predicted molar refractivity (Wildman–Crippen MR) is 222 cm³/mol. The highest BCUT2D eigenvalue weighted by Gasteiger charge is 2.22. The first-order valence-corrected chi connectivity index (χ1v) is 20.5. The van der Waals surface area contributed by atoms with Crippen molar-refractivity contribution in [1.29, 1.82) is 0 Å². The van der Waals surface area contributed by atoms with Gasteiger partial charge in [-0.1, -0.05) is 94.3 Å². The average Bonchev–Trinajstić information content (AvgIpc) is 3.20. The second-order valence-electron chi connectivity index (χ2n) is 15.4. The first kappa shape index (κ1) is 43.5. The number of esters is 2. The fourth-order valence-electron chi connectivity index (χ4n) is 7.42. The smallest absolute Gasteiger partial charge is 0.333 e. The van der Waals surface area contributed by atoms with Gasteiger partial charge in [-0.3, -0.25) is 0 Å². The molecule has 0 unspecified atom stereocenters. The van der Waals surface area contributed by atoms with Crippen LogP contribution in [0.3, 0.4) is 0 Å². The zero-order chi connectivity index (χ0) is 39.6. The van der Waals surface area contributed by atoms with Gasteiger partial charge < -0.3 is 24.4 Å². The Hall–Kier alpha value is -4.20. The van der Waals surface area contributed by atoms with Crippen LogP contribution in [0.5, 0.6) is 5.75 Å². The summed E-state index contributed by atoms with van der Waals surface area (Å²) in [6, 6.07) is 22.1. The fourth-order valence-corrected chi connectivity index (χ4v) is 7.42. The fraction of sp³-hybridized carbons (Fsp3) is 0.500. The number of carbonyl (C=O) groups is 2. The molecule has 0 bridgehead atoms. The summed E-state index contributed by atoms with van der Waals surface area (Å²) in [6.45, 7) is 13.4. The lowest BCUT2D eigenvalue weighted by Crippen LogP contribution is -2.16. The van der Waals surface area contributed by atoms with Crippen LogP contribution < -0.4 is 4.74 Å². The SMILES string of the molecule is C=C(C)C(=O)OCCCc1cc(-c2ccc(-c3ccc(C4CCC(CCCCC)CC4)cc3)cc2)cc(CCCOC(=O)C(=C)C)c1OCCC(CO)CO. The molecule has 1 fully saturated rings. The second kappa shape index (κ2) is 23.0. The van der Waals surface area contributed by atoms with Crippen molar-refractivity contribution < 1.29 is 34.0 Å². The molecular weight excluding hydrogens is 689 g/mol. The molecule has 0 heterocycles. The molecule has 1 saturated carbocycles. The highest BCUT2D eigenvalue weighted by Crippen LogP contribution is 2.39. The Kier molecular flexibility index (Phi) is 18.2. The highest BCUT2D eigenvalue weighted by atomic mass is 16.5. The summed E-state index contributed by atoms with van der Waals surface area (Å²) in [6.07, 6.45) is 13.6. The third kappa shape index (κ3) is 13.8. The Bertz CT molecular complexity index is 1610. The van der Waals surface area contributed by atoms with Gasteiger partial charge in [-0.2, -0.15) is 0 Å². The first-order chi connectivity index (χ1) is 26.6. The maximum atomic E-state index is 12.1. The topological polar surface area (TPSA) is 102 Å². The number of hydrogen-bond donors (Lipinski definition) is 2. The number of benzene rings is 3. The van der Waals surface area contributed by atoms with Gasteiger partial charge in [0.25, 0.3) is 0 Å². The van der Waals surface area contributed by atoms with Gasteiger partial charge in [0.05, 0.1) is 19.8 Å². The van der Waals surface area contributed by atoms with E-state index < -0.39 is 11.9 Å². The van der Waals surface area contributed by atoms with Crippen molar-refractivity contribution in [2.24, 2.45) is 11.8 Å². The van der Waals surface area contributed by atoms with E-state index >= 15 is 0 Å². The monoisotopic (exact) mass is 752 g/mol. The number of aryl methyl sites for hydroxylation is 2. The van der Waals surface area contributed by atoms with E-state index in [-0.39, 0.29) is 32.3 Å². The van der Waals surface area contributed by atoms with E-state index in [1.54, 1.807) is 13.8 Å². The summed E-state index contributed by atoms with van der Waals surface area (Å²) in [5, 5.41) is 19.3. The third-order valence-electron chi connectivity index (χ3n) is 10.9. The molecule has 3 aromatic rings. The number of ether oxygens (including phenoxy) is 3. The minimum Gasteiger partial charge on any atom is -0.493 e. The molecule has 7 nitrogen and oxygen atoms in total. The minimum atomic E-state index is -0.413.